The molecule has 1 saturated heterocycles. The predicted octanol–water partition coefficient (Wildman–Crippen LogP) is 1.72. The van der Waals surface area contributed by atoms with E-state index in [9.17, 15) is 27.6 Å². The fraction of sp³-hybridized carbons (Fsp3) is 0.0526. The average molecular weight is 460 g/mol. The second-order valence-corrected chi connectivity index (χ2v) is 8.90. The summed E-state index contributed by atoms with van der Waals surface area (Å²) in [6, 6.07) is 12.6. The van der Waals surface area contributed by atoms with Gasteiger partial charge in [-0.05, 0) is 47.7 Å². The van der Waals surface area contributed by atoms with Crippen LogP contribution in [0.5, 0.6) is 0 Å². The van der Waals surface area contributed by atoms with Crippen LogP contribution in [0.15, 0.2) is 64.4 Å². The predicted molar refractivity (Wildman–Crippen MR) is 114 cm³/mol. The highest BCUT2D eigenvalue weighted by molar-refractivity contribution is 8.18. The number of nitrogens with two attached hydrogens (primary N) is 1. The van der Waals surface area contributed by atoms with Gasteiger partial charge in [-0.2, -0.15) is 0 Å². The molecular formula is C19H16N4O6S2. The first-order chi connectivity index (χ1) is 14.7. The quantitative estimate of drug-likeness (QED) is 0.554. The van der Waals surface area contributed by atoms with E-state index < -0.39 is 39.7 Å². The van der Waals surface area contributed by atoms with Crippen molar-refractivity contribution in [2.24, 2.45) is 5.73 Å². The van der Waals surface area contributed by atoms with E-state index >= 15 is 0 Å². The zero-order chi connectivity index (χ0) is 22.6. The fourth-order valence-corrected chi connectivity index (χ4v) is 4.31. The number of thioether (sulfide) groups is 1. The van der Waals surface area contributed by atoms with Gasteiger partial charge in [0.05, 0.1) is 9.80 Å². The molecule has 0 spiro atoms. The molecule has 0 unspecified atom stereocenters. The number of rotatable bonds is 6. The van der Waals surface area contributed by atoms with Gasteiger partial charge in [0.1, 0.15) is 6.54 Å². The Morgan fingerprint density at radius 1 is 1.03 bits per heavy atom. The molecule has 2 aromatic rings. The Morgan fingerprint density at radius 2 is 1.68 bits per heavy atom. The molecule has 0 radical (unpaired) electrons. The van der Waals surface area contributed by atoms with Gasteiger partial charge in [-0.25, -0.2) is 17.9 Å². The van der Waals surface area contributed by atoms with Crippen molar-refractivity contribution in [1.82, 2.24) is 9.62 Å². The lowest BCUT2D eigenvalue weighted by molar-refractivity contribution is -0.127. The van der Waals surface area contributed by atoms with Gasteiger partial charge in [-0.1, -0.05) is 30.3 Å². The lowest BCUT2D eigenvalue weighted by atomic mass is 10.2. The lowest BCUT2D eigenvalue weighted by Gasteiger charge is -2.12. The van der Waals surface area contributed by atoms with Crippen molar-refractivity contribution in [3.63, 3.8) is 0 Å². The van der Waals surface area contributed by atoms with Gasteiger partial charge in [-0.15, -0.1) is 0 Å². The molecular weight excluding hydrogens is 444 g/mol. The first-order valence-corrected chi connectivity index (χ1v) is 11.0. The summed E-state index contributed by atoms with van der Waals surface area (Å²) in [7, 11) is -4.11. The molecule has 0 saturated carbocycles. The maximum atomic E-state index is 12.5. The highest BCUT2D eigenvalue weighted by atomic mass is 32.2. The second-order valence-electron chi connectivity index (χ2n) is 6.22. The molecule has 12 heteroatoms. The highest BCUT2D eigenvalue weighted by Crippen LogP contribution is 2.32. The van der Waals surface area contributed by atoms with Crippen molar-refractivity contribution in [3.05, 3.63) is 65.1 Å². The summed E-state index contributed by atoms with van der Waals surface area (Å²) < 4.78 is 25.3. The Hall–Kier alpha value is -3.64. The van der Waals surface area contributed by atoms with Crippen molar-refractivity contribution in [2.45, 2.75) is 4.90 Å². The van der Waals surface area contributed by atoms with E-state index in [1.165, 1.54) is 12.1 Å². The van der Waals surface area contributed by atoms with E-state index in [4.69, 9.17) is 5.73 Å². The van der Waals surface area contributed by atoms with Crippen LogP contribution in [0.3, 0.4) is 0 Å². The number of anilines is 1. The fourth-order valence-electron chi connectivity index (χ4n) is 2.59. The maximum Gasteiger partial charge on any atom is 0.326 e. The van der Waals surface area contributed by atoms with Crippen LogP contribution in [0.2, 0.25) is 0 Å². The standard InChI is InChI=1S/C19H16N4O6S2/c20-18(26)22-31(28,29)14-8-6-13(7-9-14)21-16(24)11-23-17(25)15(30-19(23)27)10-12-4-2-1-3-5-12/h1-10H,11H2,(H,21,24)(H3,20,22,26). The Labute approximate surface area is 181 Å². The van der Waals surface area contributed by atoms with Crippen LogP contribution in [-0.2, 0) is 19.6 Å². The van der Waals surface area contributed by atoms with Crippen LogP contribution in [0.1, 0.15) is 5.56 Å². The summed E-state index contributed by atoms with van der Waals surface area (Å²) >= 11 is 0.742. The molecule has 0 aromatic heterocycles. The molecule has 4 N–H and O–H groups in total. The molecule has 31 heavy (non-hydrogen) atoms. The average Bonchev–Trinajstić information content (AvgIpc) is 2.95. The monoisotopic (exact) mass is 460 g/mol. The lowest BCUT2D eigenvalue weighted by Crippen LogP contribution is -2.36. The zero-order valence-corrected chi connectivity index (χ0v) is 17.4. The van der Waals surface area contributed by atoms with Crippen LogP contribution in [0, 0.1) is 0 Å². The van der Waals surface area contributed by atoms with Crippen molar-refractivity contribution in [2.75, 3.05) is 11.9 Å². The minimum atomic E-state index is -4.11. The Bertz CT molecular complexity index is 1180. The van der Waals surface area contributed by atoms with Crippen LogP contribution in [0.25, 0.3) is 6.08 Å². The number of benzene rings is 2. The summed E-state index contributed by atoms with van der Waals surface area (Å²) in [6.45, 7) is -0.500. The summed E-state index contributed by atoms with van der Waals surface area (Å²) in [5.41, 5.74) is 5.79. The number of carbonyl (C=O) groups excluding carboxylic acids is 4. The zero-order valence-electron chi connectivity index (χ0n) is 15.8. The van der Waals surface area contributed by atoms with E-state index in [1.807, 2.05) is 6.07 Å². The summed E-state index contributed by atoms with van der Waals surface area (Å²) in [5.74, 6) is -1.22. The third-order valence-corrected chi connectivity index (χ3v) is 6.23. The van der Waals surface area contributed by atoms with Gasteiger partial charge in [0, 0.05) is 5.69 Å². The topological polar surface area (TPSA) is 156 Å². The van der Waals surface area contributed by atoms with Crippen LogP contribution >= 0.6 is 11.8 Å². The molecule has 1 fully saturated rings. The Balaban J connectivity index is 1.64. The van der Waals surface area contributed by atoms with E-state index in [-0.39, 0.29) is 15.5 Å². The van der Waals surface area contributed by atoms with Gasteiger partial charge >= 0.3 is 6.03 Å². The normalized spacial score (nSPS) is 15.2. The molecule has 0 atom stereocenters. The van der Waals surface area contributed by atoms with Crippen molar-refractivity contribution in [3.8, 4) is 0 Å². The summed E-state index contributed by atoms with van der Waals surface area (Å²) in [4.78, 5) is 48.5. The number of amides is 5. The number of primary amides is 1. The molecule has 0 bridgehead atoms. The summed E-state index contributed by atoms with van der Waals surface area (Å²) in [6.07, 6.45) is 1.57. The van der Waals surface area contributed by atoms with Crippen LogP contribution < -0.4 is 15.8 Å². The number of sulfonamides is 1. The Kier molecular flexibility index (Phi) is 6.42. The van der Waals surface area contributed by atoms with Gasteiger partial charge < -0.3 is 11.1 Å². The van der Waals surface area contributed by atoms with Crippen molar-refractivity contribution >= 4 is 56.6 Å². The van der Waals surface area contributed by atoms with Gasteiger partial charge in [0.25, 0.3) is 21.2 Å². The number of nitrogens with one attached hydrogen (secondary N) is 2. The van der Waals surface area contributed by atoms with E-state index in [1.54, 1.807) is 35.1 Å². The molecule has 160 valence electrons. The van der Waals surface area contributed by atoms with E-state index in [0.717, 1.165) is 34.4 Å². The molecule has 0 aliphatic carbocycles. The van der Waals surface area contributed by atoms with Crippen molar-refractivity contribution in [1.29, 1.82) is 0 Å². The molecule has 3 rings (SSSR count). The number of hydrogen-bond donors (Lipinski definition) is 3. The minimum absolute atomic E-state index is 0.209. The molecule has 10 nitrogen and oxygen atoms in total. The molecule has 1 aliphatic rings. The van der Waals surface area contributed by atoms with Crippen molar-refractivity contribution < 1.29 is 27.6 Å². The number of imide groups is 1. The van der Waals surface area contributed by atoms with Gasteiger partial charge in [0.15, 0.2) is 0 Å². The molecule has 2 aromatic carbocycles. The molecule has 1 heterocycles. The van der Waals surface area contributed by atoms with E-state index in [2.05, 4.69) is 5.32 Å². The first kappa shape index (κ1) is 22.1. The molecule has 5 amide bonds. The number of hydrogen-bond acceptors (Lipinski definition) is 7. The number of urea groups is 1. The Morgan fingerprint density at radius 3 is 2.29 bits per heavy atom. The van der Waals surface area contributed by atoms with E-state index in [0.29, 0.717) is 0 Å². The second kappa shape index (κ2) is 9.02. The molecule has 1 aliphatic heterocycles. The van der Waals surface area contributed by atoms with Gasteiger partial charge in [-0.3, -0.25) is 19.3 Å². The number of nitrogens with zero attached hydrogens (tertiary/aromatic N) is 1. The van der Waals surface area contributed by atoms with Gasteiger partial charge in [0.2, 0.25) is 5.91 Å². The SMILES string of the molecule is NC(=O)NS(=O)(=O)c1ccc(NC(=O)CN2C(=O)SC(=Cc3ccccc3)C2=O)cc1. The summed E-state index contributed by atoms with van der Waals surface area (Å²) in [5, 5.41) is 1.91. The number of carbonyl (C=O) groups is 4. The largest absolute Gasteiger partial charge is 0.351 e. The van der Waals surface area contributed by atoms with Crippen LogP contribution in [0.4, 0.5) is 15.3 Å². The smallest absolute Gasteiger partial charge is 0.326 e. The highest BCUT2D eigenvalue weighted by Gasteiger charge is 2.36. The third-order valence-electron chi connectivity index (χ3n) is 3.96. The minimum Gasteiger partial charge on any atom is -0.351 e. The maximum absolute atomic E-state index is 12.5. The first-order valence-electron chi connectivity index (χ1n) is 8.68. The van der Waals surface area contributed by atoms with Crippen LogP contribution in [-0.4, -0.2) is 42.9 Å². The third kappa shape index (κ3) is 5.49.